The van der Waals surface area contributed by atoms with Gasteiger partial charge in [-0.15, -0.1) is 0 Å². The number of aromatic nitrogens is 2. The zero-order valence-corrected chi connectivity index (χ0v) is 15.4. The van der Waals surface area contributed by atoms with Crippen molar-refractivity contribution in [2.75, 3.05) is 23.3 Å². The molecule has 132 valence electrons. The fraction of sp³-hybridized carbons (Fsp3) is 0.421. The summed E-state index contributed by atoms with van der Waals surface area (Å²) in [5, 5.41) is 3.49. The number of aryl methyl sites for hydroxylation is 2. The number of anilines is 2. The Labute approximate surface area is 153 Å². The largest absolute Gasteiger partial charge is 0.341 e. The van der Waals surface area contributed by atoms with Gasteiger partial charge in [-0.2, -0.15) is 0 Å². The average Bonchev–Trinajstić information content (AvgIpc) is 2.87. The summed E-state index contributed by atoms with van der Waals surface area (Å²) in [5.74, 6) is 0.404. The van der Waals surface area contributed by atoms with Crippen molar-refractivity contribution in [2.45, 2.75) is 39.5 Å². The Morgan fingerprint density at radius 2 is 1.80 bits per heavy atom. The number of rotatable bonds is 3. The highest BCUT2D eigenvalue weighted by Gasteiger charge is 2.17. The van der Waals surface area contributed by atoms with Crippen LogP contribution in [0.25, 0.3) is 0 Å². The number of benzene rings is 1. The maximum atomic E-state index is 12.7. The lowest BCUT2D eigenvalue weighted by Crippen LogP contribution is -2.27. The van der Waals surface area contributed by atoms with Gasteiger partial charge in [0.2, 0.25) is 5.95 Å². The van der Waals surface area contributed by atoms with E-state index >= 15 is 0 Å². The Hall–Kier alpha value is -2.14. The summed E-state index contributed by atoms with van der Waals surface area (Å²) in [6.45, 7) is 5.71. The predicted molar refractivity (Wildman–Crippen MR) is 102 cm³/mol. The molecule has 1 aromatic carbocycles. The molecule has 0 radical (unpaired) electrons. The van der Waals surface area contributed by atoms with Crippen molar-refractivity contribution in [2.24, 2.45) is 0 Å². The number of carbonyl (C=O) groups excluding carboxylic acids is 1. The van der Waals surface area contributed by atoms with Crippen molar-refractivity contribution in [1.82, 2.24) is 9.97 Å². The smallest absolute Gasteiger partial charge is 0.274 e. The molecule has 0 bridgehead atoms. The quantitative estimate of drug-likeness (QED) is 0.884. The summed E-state index contributed by atoms with van der Waals surface area (Å²) in [4.78, 5) is 23.9. The van der Waals surface area contributed by atoms with Crippen molar-refractivity contribution >= 4 is 29.1 Å². The molecule has 3 rings (SSSR count). The average molecular weight is 359 g/mol. The van der Waals surface area contributed by atoms with Gasteiger partial charge in [0, 0.05) is 29.5 Å². The standard InChI is InChI=1S/C19H23ClN4O/c1-13-7-8-15(20)12-16(13)22-18(25)17-11-14(2)21-19(23-17)24-9-5-3-4-6-10-24/h7-8,11-12H,3-6,9-10H2,1-2H3,(H,22,25). The summed E-state index contributed by atoms with van der Waals surface area (Å²) in [7, 11) is 0. The molecule has 1 amide bonds. The molecule has 0 aliphatic carbocycles. The lowest BCUT2D eigenvalue weighted by atomic mass is 10.2. The molecular weight excluding hydrogens is 336 g/mol. The summed E-state index contributed by atoms with van der Waals surface area (Å²) >= 11 is 6.03. The molecule has 1 saturated heterocycles. The van der Waals surface area contributed by atoms with Crippen LogP contribution in [-0.4, -0.2) is 29.0 Å². The van der Waals surface area contributed by atoms with Crippen LogP contribution in [0.3, 0.4) is 0 Å². The lowest BCUT2D eigenvalue weighted by Gasteiger charge is -2.21. The van der Waals surface area contributed by atoms with Crippen LogP contribution >= 0.6 is 11.6 Å². The van der Waals surface area contributed by atoms with Crippen LogP contribution in [0, 0.1) is 13.8 Å². The highest BCUT2D eigenvalue weighted by atomic mass is 35.5. The van der Waals surface area contributed by atoms with E-state index in [2.05, 4.69) is 20.2 Å². The van der Waals surface area contributed by atoms with Gasteiger partial charge in [0.15, 0.2) is 0 Å². The van der Waals surface area contributed by atoms with E-state index in [9.17, 15) is 4.79 Å². The monoisotopic (exact) mass is 358 g/mol. The van der Waals surface area contributed by atoms with E-state index in [1.807, 2.05) is 19.9 Å². The lowest BCUT2D eigenvalue weighted by molar-refractivity contribution is 0.102. The molecule has 1 aromatic heterocycles. The van der Waals surface area contributed by atoms with Crippen molar-refractivity contribution < 1.29 is 4.79 Å². The van der Waals surface area contributed by atoms with E-state index in [1.54, 1.807) is 18.2 Å². The molecule has 0 unspecified atom stereocenters. The van der Waals surface area contributed by atoms with Gasteiger partial charge in [-0.05, 0) is 50.5 Å². The van der Waals surface area contributed by atoms with E-state index in [4.69, 9.17) is 11.6 Å². The molecule has 2 aromatic rings. The SMILES string of the molecule is Cc1cc(C(=O)Nc2cc(Cl)ccc2C)nc(N2CCCCCC2)n1. The van der Waals surface area contributed by atoms with Crippen LogP contribution < -0.4 is 10.2 Å². The van der Waals surface area contributed by atoms with E-state index in [0.29, 0.717) is 22.4 Å². The van der Waals surface area contributed by atoms with Gasteiger partial charge in [0.05, 0.1) is 0 Å². The van der Waals surface area contributed by atoms with Crippen LogP contribution in [0.5, 0.6) is 0 Å². The molecule has 1 aliphatic rings. The molecule has 1 fully saturated rings. The number of halogens is 1. The fourth-order valence-electron chi connectivity index (χ4n) is 3.00. The van der Waals surface area contributed by atoms with Gasteiger partial charge in [0.1, 0.15) is 5.69 Å². The Morgan fingerprint density at radius 3 is 2.52 bits per heavy atom. The topological polar surface area (TPSA) is 58.1 Å². The second-order valence-electron chi connectivity index (χ2n) is 6.51. The van der Waals surface area contributed by atoms with Crippen molar-refractivity contribution in [3.05, 3.63) is 46.2 Å². The van der Waals surface area contributed by atoms with Crippen LogP contribution in [0.15, 0.2) is 24.3 Å². The van der Waals surface area contributed by atoms with Crippen LogP contribution in [-0.2, 0) is 0 Å². The minimum atomic E-state index is -0.244. The molecule has 6 heteroatoms. The maximum absolute atomic E-state index is 12.7. The van der Waals surface area contributed by atoms with E-state index in [1.165, 1.54) is 12.8 Å². The minimum absolute atomic E-state index is 0.244. The van der Waals surface area contributed by atoms with E-state index in [0.717, 1.165) is 37.2 Å². The molecule has 2 heterocycles. The fourth-order valence-corrected chi connectivity index (χ4v) is 3.17. The minimum Gasteiger partial charge on any atom is -0.341 e. The van der Waals surface area contributed by atoms with Crippen LogP contribution in [0.4, 0.5) is 11.6 Å². The van der Waals surface area contributed by atoms with Crippen molar-refractivity contribution in [1.29, 1.82) is 0 Å². The summed E-state index contributed by atoms with van der Waals surface area (Å²) in [5.41, 5.74) is 2.83. The highest BCUT2D eigenvalue weighted by molar-refractivity contribution is 6.31. The van der Waals surface area contributed by atoms with Gasteiger partial charge in [-0.25, -0.2) is 9.97 Å². The molecule has 1 aliphatic heterocycles. The third kappa shape index (κ3) is 4.48. The summed E-state index contributed by atoms with van der Waals surface area (Å²) < 4.78 is 0. The first kappa shape index (κ1) is 17.7. The van der Waals surface area contributed by atoms with E-state index < -0.39 is 0 Å². The van der Waals surface area contributed by atoms with Gasteiger partial charge >= 0.3 is 0 Å². The Bertz CT molecular complexity index is 770. The third-order valence-corrected chi connectivity index (χ3v) is 4.65. The third-order valence-electron chi connectivity index (χ3n) is 4.41. The van der Waals surface area contributed by atoms with Crippen molar-refractivity contribution in [3.8, 4) is 0 Å². The predicted octanol–water partition coefficient (Wildman–Crippen LogP) is 4.38. The maximum Gasteiger partial charge on any atom is 0.274 e. The second kappa shape index (κ2) is 7.83. The normalized spacial score (nSPS) is 14.9. The first-order chi connectivity index (χ1) is 12.0. The van der Waals surface area contributed by atoms with Crippen LogP contribution in [0.2, 0.25) is 5.02 Å². The van der Waals surface area contributed by atoms with Gasteiger partial charge in [-0.1, -0.05) is 30.5 Å². The molecule has 25 heavy (non-hydrogen) atoms. The Balaban J connectivity index is 1.83. The summed E-state index contributed by atoms with van der Waals surface area (Å²) in [6, 6.07) is 7.15. The zero-order chi connectivity index (χ0) is 17.8. The van der Waals surface area contributed by atoms with Crippen LogP contribution in [0.1, 0.15) is 47.4 Å². The Morgan fingerprint density at radius 1 is 1.08 bits per heavy atom. The molecule has 0 spiro atoms. The number of hydrogen-bond donors (Lipinski definition) is 1. The summed E-state index contributed by atoms with van der Waals surface area (Å²) in [6.07, 6.45) is 4.76. The molecular formula is C19H23ClN4O. The van der Waals surface area contributed by atoms with Gasteiger partial charge < -0.3 is 10.2 Å². The number of nitrogens with one attached hydrogen (secondary N) is 1. The molecule has 0 atom stereocenters. The number of hydrogen-bond acceptors (Lipinski definition) is 4. The Kier molecular flexibility index (Phi) is 5.53. The zero-order valence-electron chi connectivity index (χ0n) is 14.7. The highest BCUT2D eigenvalue weighted by Crippen LogP contribution is 2.21. The molecule has 0 saturated carbocycles. The first-order valence-corrected chi connectivity index (χ1v) is 9.09. The van der Waals surface area contributed by atoms with E-state index in [-0.39, 0.29) is 5.91 Å². The molecule has 5 nitrogen and oxygen atoms in total. The van der Waals surface area contributed by atoms with Crippen molar-refractivity contribution in [3.63, 3.8) is 0 Å². The molecule has 1 N–H and O–H groups in total. The second-order valence-corrected chi connectivity index (χ2v) is 6.95. The van der Waals surface area contributed by atoms with Gasteiger partial charge in [-0.3, -0.25) is 4.79 Å². The first-order valence-electron chi connectivity index (χ1n) is 8.71. The number of nitrogens with zero attached hydrogens (tertiary/aromatic N) is 3. The van der Waals surface area contributed by atoms with Gasteiger partial charge in [0.25, 0.3) is 5.91 Å². The number of amides is 1. The number of carbonyl (C=O) groups is 1.